The van der Waals surface area contributed by atoms with Gasteiger partial charge in [0, 0.05) is 6.04 Å². The van der Waals surface area contributed by atoms with Gasteiger partial charge in [0.25, 0.3) is 0 Å². The van der Waals surface area contributed by atoms with E-state index >= 15 is 0 Å². The summed E-state index contributed by atoms with van der Waals surface area (Å²) in [7, 11) is 0. The molecule has 0 aromatic carbocycles. The topological polar surface area (TPSA) is 81.4 Å². The standard InChI is InChI=1S/C10H20N2O3/c1-5-15-8(13)6-7(2)12-10(3,4)9(11)14/h7,12H,5-6H2,1-4H3,(H2,11,14). The van der Waals surface area contributed by atoms with E-state index in [1.54, 1.807) is 20.8 Å². The predicted octanol–water partition coefficient (Wildman–Crippen LogP) is 0.182. The number of amides is 1. The van der Waals surface area contributed by atoms with Crippen LogP contribution >= 0.6 is 0 Å². The van der Waals surface area contributed by atoms with E-state index in [-0.39, 0.29) is 18.4 Å². The van der Waals surface area contributed by atoms with Crippen LogP contribution in [0.3, 0.4) is 0 Å². The number of nitrogens with one attached hydrogen (secondary N) is 1. The van der Waals surface area contributed by atoms with Crippen molar-refractivity contribution in [2.75, 3.05) is 6.61 Å². The Balaban J connectivity index is 4.08. The number of nitrogens with two attached hydrogens (primary N) is 1. The van der Waals surface area contributed by atoms with Crippen LogP contribution < -0.4 is 11.1 Å². The number of esters is 1. The van der Waals surface area contributed by atoms with E-state index in [1.165, 1.54) is 0 Å². The SMILES string of the molecule is CCOC(=O)CC(C)NC(C)(C)C(N)=O. The Morgan fingerprint density at radius 3 is 2.40 bits per heavy atom. The summed E-state index contributed by atoms with van der Waals surface area (Å²) in [6.07, 6.45) is 0.227. The molecule has 0 saturated carbocycles. The van der Waals surface area contributed by atoms with E-state index in [9.17, 15) is 9.59 Å². The molecule has 0 aliphatic rings. The molecule has 0 aromatic rings. The van der Waals surface area contributed by atoms with Gasteiger partial charge in [0.1, 0.15) is 0 Å². The van der Waals surface area contributed by atoms with Crippen molar-refractivity contribution in [3.8, 4) is 0 Å². The fourth-order valence-corrected chi connectivity index (χ4v) is 1.21. The minimum absolute atomic E-state index is 0.147. The molecule has 0 heterocycles. The zero-order chi connectivity index (χ0) is 12.1. The number of carbonyl (C=O) groups excluding carboxylic acids is 2. The molecule has 3 N–H and O–H groups in total. The van der Waals surface area contributed by atoms with Gasteiger partial charge in [-0.15, -0.1) is 0 Å². The second-order valence-electron chi connectivity index (χ2n) is 4.04. The van der Waals surface area contributed by atoms with Gasteiger partial charge in [-0.3, -0.25) is 9.59 Å². The fourth-order valence-electron chi connectivity index (χ4n) is 1.21. The minimum Gasteiger partial charge on any atom is -0.466 e. The summed E-state index contributed by atoms with van der Waals surface area (Å²) in [5, 5.41) is 2.97. The quantitative estimate of drug-likeness (QED) is 0.621. The summed E-state index contributed by atoms with van der Waals surface area (Å²) >= 11 is 0. The Hall–Kier alpha value is -1.10. The van der Waals surface area contributed by atoms with Crippen molar-refractivity contribution in [3.05, 3.63) is 0 Å². The maximum Gasteiger partial charge on any atom is 0.307 e. The summed E-state index contributed by atoms with van der Waals surface area (Å²) in [5.74, 6) is -0.726. The number of hydrogen-bond donors (Lipinski definition) is 2. The summed E-state index contributed by atoms with van der Waals surface area (Å²) in [4.78, 5) is 22.1. The summed E-state index contributed by atoms with van der Waals surface area (Å²) in [6, 6.07) is -0.147. The van der Waals surface area contributed by atoms with Gasteiger partial charge in [-0.1, -0.05) is 0 Å². The van der Waals surface area contributed by atoms with Crippen LogP contribution in [0.1, 0.15) is 34.1 Å². The van der Waals surface area contributed by atoms with Gasteiger partial charge in [0.15, 0.2) is 0 Å². The molecule has 1 amide bonds. The van der Waals surface area contributed by atoms with E-state index in [1.807, 2.05) is 6.92 Å². The second-order valence-corrected chi connectivity index (χ2v) is 4.04. The van der Waals surface area contributed by atoms with Crippen molar-refractivity contribution in [2.24, 2.45) is 5.73 Å². The molecule has 5 nitrogen and oxygen atoms in total. The van der Waals surface area contributed by atoms with Crippen LogP contribution in [0.25, 0.3) is 0 Å². The molecule has 0 spiro atoms. The van der Waals surface area contributed by atoms with Gasteiger partial charge in [0.2, 0.25) is 5.91 Å². The van der Waals surface area contributed by atoms with Crippen molar-refractivity contribution >= 4 is 11.9 Å². The molecule has 15 heavy (non-hydrogen) atoms. The first kappa shape index (κ1) is 13.9. The van der Waals surface area contributed by atoms with Crippen molar-refractivity contribution in [1.29, 1.82) is 0 Å². The monoisotopic (exact) mass is 216 g/mol. The molecule has 0 aliphatic heterocycles. The van der Waals surface area contributed by atoms with Gasteiger partial charge >= 0.3 is 5.97 Å². The number of rotatable bonds is 6. The van der Waals surface area contributed by atoms with E-state index in [0.717, 1.165) is 0 Å². The third-order valence-electron chi connectivity index (χ3n) is 2.00. The molecule has 0 aliphatic carbocycles. The van der Waals surface area contributed by atoms with Gasteiger partial charge in [-0.2, -0.15) is 0 Å². The number of hydrogen-bond acceptors (Lipinski definition) is 4. The zero-order valence-corrected chi connectivity index (χ0v) is 9.79. The van der Waals surface area contributed by atoms with Crippen LogP contribution in [0.5, 0.6) is 0 Å². The Morgan fingerprint density at radius 1 is 1.47 bits per heavy atom. The van der Waals surface area contributed by atoms with E-state index in [2.05, 4.69) is 5.32 Å². The highest BCUT2D eigenvalue weighted by Crippen LogP contribution is 2.05. The first-order valence-corrected chi connectivity index (χ1v) is 5.02. The van der Waals surface area contributed by atoms with Crippen molar-refractivity contribution < 1.29 is 14.3 Å². The Kier molecular flexibility index (Phi) is 5.28. The molecule has 5 heteroatoms. The summed E-state index contributed by atoms with van der Waals surface area (Å²) < 4.78 is 4.79. The lowest BCUT2D eigenvalue weighted by Crippen LogP contribution is -2.54. The Morgan fingerprint density at radius 2 is 2.00 bits per heavy atom. The Bertz CT molecular complexity index is 239. The Labute approximate surface area is 90.4 Å². The lowest BCUT2D eigenvalue weighted by Gasteiger charge is -2.26. The molecular formula is C10H20N2O3. The molecule has 0 aromatic heterocycles. The van der Waals surface area contributed by atoms with Gasteiger partial charge in [-0.05, 0) is 27.7 Å². The van der Waals surface area contributed by atoms with Crippen LogP contribution in [0, 0.1) is 0 Å². The first-order valence-electron chi connectivity index (χ1n) is 5.02. The lowest BCUT2D eigenvalue weighted by molar-refractivity contribution is -0.144. The van der Waals surface area contributed by atoms with Gasteiger partial charge in [0.05, 0.1) is 18.6 Å². The maximum atomic E-state index is 11.1. The average molecular weight is 216 g/mol. The number of ether oxygens (including phenoxy) is 1. The van der Waals surface area contributed by atoms with Crippen LogP contribution in [0.15, 0.2) is 0 Å². The van der Waals surface area contributed by atoms with E-state index in [4.69, 9.17) is 10.5 Å². The van der Waals surface area contributed by atoms with Crippen molar-refractivity contribution in [2.45, 2.75) is 45.7 Å². The van der Waals surface area contributed by atoms with Crippen LogP contribution in [0.4, 0.5) is 0 Å². The molecule has 1 atom stereocenters. The van der Waals surface area contributed by atoms with E-state index in [0.29, 0.717) is 6.61 Å². The zero-order valence-electron chi connectivity index (χ0n) is 9.79. The molecule has 0 rings (SSSR count). The summed E-state index contributed by atoms with van der Waals surface area (Å²) in [6.45, 7) is 7.28. The molecule has 0 radical (unpaired) electrons. The second kappa shape index (κ2) is 5.70. The third-order valence-corrected chi connectivity index (χ3v) is 2.00. The highest BCUT2D eigenvalue weighted by Gasteiger charge is 2.27. The van der Waals surface area contributed by atoms with Crippen molar-refractivity contribution in [1.82, 2.24) is 5.32 Å². The maximum absolute atomic E-state index is 11.1. The highest BCUT2D eigenvalue weighted by molar-refractivity contribution is 5.83. The first-order chi connectivity index (χ1) is 6.79. The largest absolute Gasteiger partial charge is 0.466 e. The molecule has 0 saturated heterocycles. The molecular weight excluding hydrogens is 196 g/mol. The third kappa shape index (κ3) is 5.37. The minimum atomic E-state index is -0.814. The molecule has 1 unspecified atom stereocenters. The highest BCUT2D eigenvalue weighted by atomic mass is 16.5. The molecule has 0 bridgehead atoms. The smallest absolute Gasteiger partial charge is 0.307 e. The van der Waals surface area contributed by atoms with Gasteiger partial charge in [-0.25, -0.2) is 0 Å². The van der Waals surface area contributed by atoms with E-state index < -0.39 is 11.4 Å². The fraction of sp³-hybridized carbons (Fsp3) is 0.800. The van der Waals surface area contributed by atoms with Crippen LogP contribution in [-0.2, 0) is 14.3 Å². The number of carbonyl (C=O) groups is 2. The average Bonchev–Trinajstić information content (AvgIpc) is 2.02. The molecule has 0 fully saturated rings. The van der Waals surface area contributed by atoms with Gasteiger partial charge < -0.3 is 15.8 Å². The molecule has 88 valence electrons. The van der Waals surface area contributed by atoms with Crippen LogP contribution in [0.2, 0.25) is 0 Å². The predicted molar refractivity (Wildman–Crippen MR) is 57.1 cm³/mol. The van der Waals surface area contributed by atoms with Crippen molar-refractivity contribution in [3.63, 3.8) is 0 Å². The normalized spacial score (nSPS) is 13.3. The number of primary amides is 1. The lowest BCUT2D eigenvalue weighted by atomic mass is 10.0. The summed E-state index contributed by atoms with van der Waals surface area (Å²) in [5.41, 5.74) is 4.38. The van der Waals surface area contributed by atoms with Crippen LogP contribution in [-0.4, -0.2) is 30.1 Å².